The maximum atomic E-state index is 11.6. The number of rotatable bonds is 5. The molecule has 0 saturated heterocycles. The maximum Gasteiger partial charge on any atom is 0.355 e. The van der Waals surface area contributed by atoms with E-state index in [9.17, 15) is 9.90 Å². The Labute approximate surface area is 165 Å². The Morgan fingerprint density at radius 3 is 2.54 bits per heavy atom. The number of aromatic carboxylic acids is 1. The van der Waals surface area contributed by atoms with Crippen LogP contribution in [0.25, 0.3) is 27.6 Å². The zero-order chi connectivity index (χ0) is 19.8. The van der Waals surface area contributed by atoms with Crippen molar-refractivity contribution in [3.63, 3.8) is 0 Å². The predicted molar refractivity (Wildman–Crippen MR) is 108 cm³/mol. The lowest BCUT2D eigenvalue weighted by Gasteiger charge is -2.02. The van der Waals surface area contributed by atoms with Gasteiger partial charge in [0.15, 0.2) is 5.69 Å². The normalized spacial score (nSPS) is 11.1. The third-order valence-corrected chi connectivity index (χ3v) is 5.71. The average Bonchev–Trinajstić information content (AvgIpc) is 3.38. The summed E-state index contributed by atoms with van der Waals surface area (Å²) >= 11 is 1.36. The fraction of sp³-hybridized carbons (Fsp3) is 0.200. The molecule has 1 aromatic carbocycles. The topological polar surface area (TPSA) is 85.8 Å². The molecule has 142 valence electrons. The number of aromatic nitrogens is 5. The quantitative estimate of drug-likeness (QED) is 0.555. The van der Waals surface area contributed by atoms with Crippen LogP contribution in [0.4, 0.5) is 0 Å². The first-order chi connectivity index (χ1) is 13.5. The van der Waals surface area contributed by atoms with Gasteiger partial charge < -0.3 is 5.11 Å². The monoisotopic (exact) mass is 393 g/mol. The Hall–Kier alpha value is -3.26. The van der Waals surface area contributed by atoms with Crippen molar-refractivity contribution in [1.82, 2.24) is 24.5 Å². The average molecular weight is 393 g/mol. The molecule has 4 aromatic rings. The molecule has 0 amide bonds. The Balaban J connectivity index is 1.97. The van der Waals surface area contributed by atoms with Gasteiger partial charge in [-0.05, 0) is 13.3 Å². The molecular weight excluding hydrogens is 374 g/mol. The summed E-state index contributed by atoms with van der Waals surface area (Å²) in [4.78, 5) is 16.7. The molecule has 4 rings (SSSR count). The maximum absolute atomic E-state index is 11.6. The third-order valence-electron chi connectivity index (χ3n) is 4.54. The highest BCUT2D eigenvalue weighted by molar-refractivity contribution is 7.14. The van der Waals surface area contributed by atoms with Gasteiger partial charge in [0.05, 0.1) is 17.6 Å². The van der Waals surface area contributed by atoms with E-state index >= 15 is 0 Å². The van der Waals surface area contributed by atoms with Gasteiger partial charge in [0.2, 0.25) is 5.13 Å². The second-order valence-electron chi connectivity index (χ2n) is 6.43. The summed E-state index contributed by atoms with van der Waals surface area (Å²) in [7, 11) is 1.86. The van der Waals surface area contributed by atoms with Gasteiger partial charge in [-0.15, -0.1) is 0 Å². The highest BCUT2D eigenvalue weighted by atomic mass is 32.1. The number of aryl methyl sites for hydroxylation is 2. The van der Waals surface area contributed by atoms with Crippen molar-refractivity contribution in [2.24, 2.45) is 7.05 Å². The first kappa shape index (κ1) is 18.1. The Morgan fingerprint density at radius 1 is 1.21 bits per heavy atom. The number of hydrogen-bond acceptors (Lipinski definition) is 5. The first-order valence-corrected chi connectivity index (χ1v) is 9.68. The van der Waals surface area contributed by atoms with E-state index < -0.39 is 5.97 Å². The first-order valence-electron chi connectivity index (χ1n) is 8.87. The van der Waals surface area contributed by atoms with E-state index in [0.717, 1.165) is 33.0 Å². The van der Waals surface area contributed by atoms with Crippen molar-refractivity contribution >= 4 is 17.3 Å². The van der Waals surface area contributed by atoms with Gasteiger partial charge in [-0.2, -0.15) is 10.2 Å². The van der Waals surface area contributed by atoms with Crippen LogP contribution < -0.4 is 0 Å². The van der Waals surface area contributed by atoms with E-state index in [0.29, 0.717) is 11.6 Å². The van der Waals surface area contributed by atoms with E-state index in [-0.39, 0.29) is 5.69 Å². The molecule has 1 N–H and O–H groups in total. The fourth-order valence-corrected chi connectivity index (χ4v) is 4.17. The number of benzene rings is 1. The molecule has 8 heteroatoms. The number of carboxylic acids is 1. The Bertz CT molecular complexity index is 1160. The number of thiazole rings is 1. The smallest absolute Gasteiger partial charge is 0.355 e. The fourth-order valence-electron chi connectivity index (χ4n) is 3.22. The standard InChI is InChI=1S/C20H19N5O2S/c1-4-15-17(19(26)27)22-20(28-15)25-18(14-10-21-24(3)11-14)12(2)16(23-25)13-8-6-5-7-9-13/h5-11H,4H2,1-3H3,(H,26,27). The number of hydrogen-bond donors (Lipinski definition) is 1. The number of carbonyl (C=O) groups is 1. The van der Waals surface area contributed by atoms with Crippen LogP contribution in [0.15, 0.2) is 42.7 Å². The molecule has 0 aliphatic carbocycles. The van der Waals surface area contributed by atoms with Gasteiger partial charge in [-0.1, -0.05) is 48.6 Å². The van der Waals surface area contributed by atoms with Crippen LogP contribution in [-0.4, -0.2) is 35.6 Å². The minimum absolute atomic E-state index is 0.0917. The second kappa shape index (κ2) is 7.05. The molecule has 0 spiro atoms. The molecule has 7 nitrogen and oxygen atoms in total. The predicted octanol–water partition coefficient (Wildman–Crippen LogP) is 3.97. The van der Waals surface area contributed by atoms with Crippen molar-refractivity contribution in [2.45, 2.75) is 20.3 Å². The van der Waals surface area contributed by atoms with E-state index in [1.165, 1.54) is 11.3 Å². The molecule has 0 aliphatic rings. The Morgan fingerprint density at radius 2 is 1.96 bits per heavy atom. The van der Waals surface area contributed by atoms with Crippen LogP contribution in [-0.2, 0) is 13.5 Å². The van der Waals surface area contributed by atoms with Crippen LogP contribution in [0.2, 0.25) is 0 Å². The highest BCUT2D eigenvalue weighted by Crippen LogP contribution is 2.35. The van der Waals surface area contributed by atoms with Crippen LogP contribution in [0, 0.1) is 6.92 Å². The summed E-state index contributed by atoms with van der Waals surface area (Å²) < 4.78 is 3.47. The van der Waals surface area contributed by atoms with Crippen LogP contribution >= 0.6 is 11.3 Å². The lowest BCUT2D eigenvalue weighted by molar-refractivity contribution is 0.0690. The number of nitrogens with zero attached hydrogens (tertiary/aromatic N) is 5. The molecule has 3 heterocycles. The van der Waals surface area contributed by atoms with Crippen molar-refractivity contribution in [3.8, 4) is 27.6 Å². The molecule has 0 radical (unpaired) electrons. The van der Waals surface area contributed by atoms with Crippen LogP contribution in [0.3, 0.4) is 0 Å². The van der Waals surface area contributed by atoms with Gasteiger partial charge in [-0.25, -0.2) is 14.5 Å². The SMILES string of the molecule is CCc1sc(-n2nc(-c3ccccc3)c(C)c2-c2cnn(C)c2)nc1C(=O)O. The van der Waals surface area contributed by atoms with Gasteiger partial charge in [0, 0.05) is 34.8 Å². The van der Waals surface area contributed by atoms with E-state index in [1.54, 1.807) is 15.6 Å². The summed E-state index contributed by atoms with van der Waals surface area (Å²) in [6, 6.07) is 9.92. The molecular formula is C20H19N5O2S. The second-order valence-corrected chi connectivity index (χ2v) is 7.49. The summed E-state index contributed by atoms with van der Waals surface area (Å²) in [5, 5.41) is 19.1. The zero-order valence-electron chi connectivity index (χ0n) is 15.7. The molecule has 0 bridgehead atoms. The van der Waals surface area contributed by atoms with Crippen molar-refractivity contribution < 1.29 is 9.90 Å². The number of carboxylic acid groups (broad SMARTS) is 1. The van der Waals surface area contributed by atoms with Crippen LogP contribution in [0.1, 0.15) is 27.9 Å². The van der Waals surface area contributed by atoms with Gasteiger partial charge in [0.25, 0.3) is 0 Å². The minimum Gasteiger partial charge on any atom is -0.476 e. The Kier molecular flexibility index (Phi) is 4.56. The highest BCUT2D eigenvalue weighted by Gasteiger charge is 2.24. The van der Waals surface area contributed by atoms with Crippen molar-refractivity contribution in [2.75, 3.05) is 0 Å². The zero-order valence-corrected chi connectivity index (χ0v) is 16.6. The van der Waals surface area contributed by atoms with Gasteiger partial charge in [0.1, 0.15) is 0 Å². The minimum atomic E-state index is -1.02. The van der Waals surface area contributed by atoms with Crippen LogP contribution in [0.5, 0.6) is 0 Å². The van der Waals surface area contributed by atoms with Gasteiger partial charge >= 0.3 is 5.97 Å². The molecule has 3 aromatic heterocycles. The molecule has 0 unspecified atom stereocenters. The summed E-state index contributed by atoms with van der Waals surface area (Å²) in [5.41, 5.74) is 4.68. The lowest BCUT2D eigenvalue weighted by Crippen LogP contribution is -2.03. The molecule has 0 aliphatic heterocycles. The van der Waals surface area contributed by atoms with E-state index in [1.807, 2.05) is 57.4 Å². The largest absolute Gasteiger partial charge is 0.476 e. The molecule has 0 saturated carbocycles. The summed E-state index contributed by atoms with van der Waals surface area (Å²) in [5.74, 6) is -1.02. The van der Waals surface area contributed by atoms with Crippen molar-refractivity contribution in [1.29, 1.82) is 0 Å². The van der Waals surface area contributed by atoms with E-state index in [2.05, 4.69) is 10.1 Å². The third kappa shape index (κ3) is 3.01. The van der Waals surface area contributed by atoms with Gasteiger partial charge in [-0.3, -0.25) is 4.68 Å². The molecule has 0 atom stereocenters. The summed E-state index contributed by atoms with van der Waals surface area (Å²) in [6.07, 6.45) is 4.30. The molecule has 28 heavy (non-hydrogen) atoms. The van der Waals surface area contributed by atoms with Crippen molar-refractivity contribution in [3.05, 3.63) is 58.9 Å². The van der Waals surface area contributed by atoms with E-state index in [4.69, 9.17) is 5.10 Å². The lowest BCUT2D eigenvalue weighted by atomic mass is 10.1. The molecule has 0 fully saturated rings. The summed E-state index contributed by atoms with van der Waals surface area (Å²) in [6.45, 7) is 3.94.